The van der Waals surface area contributed by atoms with E-state index in [-0.39, 0.29) is 11.1 Å². The number of hydrogen-bond acceptors (Lipinski definition) is 4. The van der Waals surface area contributed by atoms with Gasteiger partial charge in [0.25, 0.3) is 0 Å². The number of primary amides is 2. The SMILES string of the molecule is N#Cc1ccc(Br)cc1C#N.NC(=O)c1ccc(Br)cc1C(N)=O. The maximum Gasteiger partial charge on any atom is 0.249 e. The van der Waals surface area contributed by atoms with Gasteiger partial charge >= 0.3 is 0 Å². The van der Waals surface area contributed by atoms with Crippen LogP contribution >= 0.6 is 31.9 Å². The highest BCUT2D eigenvalue weighted by Crippen LogP contribution is 2.16. The first-order valence-corrected chi connectivity index (χ1v) is 7.87. The molecule has 0 aliphatic rings. The Morgan fingerprint density at radius 2 is 1.29 bits per heavy atom. The maximum atomic E-state index is 10.9. The summed E-state index contributed by atoms with van der Waals surface area (Å²) in [5.41, 5.74) is 11.2. The van der Waals surface area contributed by atoms with Crippen LogP contribution in [0.25, 0.3) is 0 Å². The third-order valence-corrected chi connectivity index (χ3v) is 3.72. The summed E-state index contributed by atoms with van der Waals surface area (Å²) in [6.45, 7) is 0. The van der Waals surface area contributed by atoms with Gasteiger partial charge in [-0.1, -0.05) is 31.9 Å². The number of nitrogens with two attached hydrogens (primary N) is 2. The molecule has 0 unspecified atom stereocenters. The van der Waals surface area contributed by atoms with Crippen molar-refractivity contribution in [2.75, 3.05) is 0 Å². The van der Waals surface area contributed by atoms with Gasteiger partial charge in [0.1, 0.15) is 12.1 Å². The van der Waals surface area contributed by atoms with Gasteiger partial charge < -0.3 is 11.5 Å². The molecule has 0 heterocycles. The quantitative estimate of drug-likeness (QED) is 0.728. The molecule has 0 saturated heterocycles. The highest BCUT2D eigenvalue weighted by atomic mass is 79.9. The molecule has 120 valence electrons. The molecule has 0 spiro atoms. The molecule has 0 saturated carbocycles. The first-order chi connectivity index (χ1) is 11.3. The monoisotopic (exact) mass is 448 g/mol. The van der Waals surface area contributed by atoms with Crippen molar-refractivity contribution in [3.05, 3.63) is 67.6 Å². The van der Waals surface area contributed by atoms with Crippen LogP contribution in [0.2, 0.25) is 0 Å². The Labute approximate surface area is 154 Å². The van der Waals surface area contributed by atoms with E-state index in [9.17, 15) is 9.59 Å². The van der Waals surface area contributed by atoms with Crippen molar-refractivity contribution in [1.29, 1.82) is 10.5 Å². The molecule has 4 N–H and O–H groups in total. The fourth-order valence-corrected chi connectivity index (χ4v) is 2.36. The molecule has 24 heavy (non-hydrogen) atoms. The summed E-state index contributed by atoms with van der Waals surface area (Å²) in [5, 5.41) is 17.1. The number of nitrogens with zero attached hydrogens (tertiary/aromatic N) is 2. The predicted octanol–water partition coefficient (Wildman–Crippen LogP) is 2.84. The summed E-state index contributed by atoms with van der Waals surface area (Å²) in [6.07, 6.45) is 0. The molecule has 2 aromatic carbocycles. The average Bonchev–Trinajstić information content (AvgIpc) is 2.54. The minimum Gasteiger partial charge on any atom is -0.366 e. The van der Waals surface area contributed by atoms with Crippen LogP contribution in [0.1, 0.15) is 31.8 Å². The molecule has 0 aromatic heterocycles. The number of carbonyl (C=O) groups is 2. The normalized spacial score (nSPS) is 9.00. The van der Waals surface area contributed by atoms with Crippen molar-refractivity contribution in [1.82, 2.24) is 0 Å². The Balaban J connectivity index is 0.000000243. The molecule has 6 nitrogen and oxygen atoms in total. The maximum absolute atomic E-state index is 10.9. The second-order valence-corrected chi connectivity index (χ2v) is 6.16. The fourth-order valence-electron chi connectivity index (χ4n) is 1.64. The molecule has 0 atom stereocenters. The van der Waals surface area contributed by atoms with E-state index in [4.69, 9.17) is 22.0 Å². The molecular weight excluding hydrogens is 440 g/mol. The number of nitriles is 2. The zero-order valence-corrected chi connectivity index (χ0v) is 15.3. The summed E-state index contributed by atoms with van der Waals surface area (Å²) >= 11 is 6.36. The lowest BCUT2D eigenvalue weighted by Crippen LogP contribution is -2.20. The smallest absolute Gasteiger partial charge is 0.249 e. The Bertz CT molecular complexity index is 883. The number of carbonyl (C=O) groups excluding carboxylic acids is 2. The van der Waals surface area contributed by atoms with Crippen molar-refractivity contribution in [2.24, 2.45) is 11.5 Å². The second kappa shape index (κ2) is 8.82. The Kier molecular flexibility index (Phi) is 7.12. The molecule has 0 aliphatic heterocycles. The lowest BCUT2D eigenvalue weighted by molar-refractivity contribution is 0.0967. The van der Waals surface area contributed by atoms with Gasteiger partial charge in [0, 0.05) is 8.95 Å². The summed E-state index contributed by atoms with van der Waals surface area (Å²) in [7, 11) is 0. The summed E-state index contributed by atoms with van der Waals surface area (Å²) in [6, 6.07) is 13.4. The summed E-state index contributed by atoms with van der Waals surface area (Å²) in [4.78, 5) is 21.7. The number of hydrogen-bond donors (Lipinski definition) is 2. The molecule has 2 rings (SSSR count). The topological polar surface area (TPSA) is 134 Å². The molecule has 0 bridgehead atoms. The third kappa shape index (κ3) is 5.20. The minimum absolute atomic E-state index is 0.127. The Morgan fingerprint density at radius 3 is 1.79 bits per heavy atom. The standard InChI is InChI=1S/C8H7BrN2O2.C8H3BrN2/c9-4-1-2-5(7(10)12)6(3-4)8(11)13;9-8-2-1-6(4-10)7(3-8)5-11/h1-3H,(H2,10,12)(H2,11,13);1-3H. The largest absolute Gasteiger partial charge is 0.366 e. The molecule has 2 aromatic rings. The summed E-state index contributed by atoms with van der Waals surface area (Å²) < 4.78 is 1.49. The van der Waals surface area contributed by atoms with E-state index in [2.05, 4.69) is 31.9 Å². The van der Waals surface area contributed by atoms with Gasteiger partial charge in [0.2, 0.25) is 11.8 Å². The molecule has 2 amide bonds. The highest BCUT2D eigenvalue weighted by Gasteiger charge is 2.12. The van der Waals surface area contributed by atoms with E-state index in [0.29, 0.717) is 15.6 Å². The Morgan fingerprint density at radius 1 is 0.792 bits per heavy atom. The van der Waals surface area contributed by atoms with Crippen LogP contribution in [-0.2, 0) is 0 Å². The first-order valence-electron chi connectivity index (χ1n) is 6.29. The van der Waals surface area contributed by atoms with Crippen LogP contribution in [0.3, 0.4) is 0 Å². The van der Waals surface area contributed by atoms with E-state index < -0.39 is 11.8 Å². The van der Waals surface area contributed by atoms with Gasteiger partial charge in [0.15, 0.2) is 0 Å². The van der Waals surface area contributed by atoms with Gasteiger partial charge in [0.05, 0.1) is 22.3 Å². The van der Waals surface area contributed by atoms with Crippen molar-refractivity contribution in [3.63, 3.8) is 0 Å². The van der Waals surface area contributed by atoms with Crippen LogP contribution in [0.15, 0.2) is 45.3 Å². The van der Waals surface area contributed by atoms with E-state index in [1.54, 1.807) is 24.3 Å². The van der Waals surface area contributed by atoms with Crippen LogP contribution < -0.4 is 11.5 Å². The highest BCUT2D eigenvalue weighted by molar-refractivity contribution is 9.10. The van der Waals surface area contributed by atoms with Crippen LogP contribution in [0.4, 0.5) is 0 Å². The number of halogens is 2. The van der Waals surface area contributed by atoms with Crippen molar-refractivity contribution < 1.29 is 9.59 Å². The zero-order valence-electron chi connectivity index (χ0n) is 12.1. The number of benzene rings is 2. The van der Waals surface area contributed by atoms with Gasteiger partial charge in [-0.25, -0.2) is 0 Å². The molecular formula is C16H10Br2N4O2. The van der Waals surface area contributed by atoms with E-state index >= 15 is 0 Å². The third-order valence-electron chi connectivity index (χ3n) is 2.74. The minimum atomic E-state index is -0.671. The Hall–Kier alpha value is -2.68. The van der Waals surface area contributed by atoms with Crippen molar-refractivity contribution in [2.45, 2.75) is 0 Å². The first kappa shape index (κ1) is 19.4. The van der Waals surface area contributed by atoms with Gasteiger partial charge in [-0.05, 0) is 36.4 Å². The molecule has 8 heteroatoms. The zero-order chi connectivity index (χ0) is 18.3. The molecule has 0 aliphatic carbocycles. The second-order valence-electron chi connectivity index (χ2n) is 4.33. The fraction of sp³-hybridized carbons (Fsp3) is 0. The van der Waals surface area contributed by atoms with Crippen LogP contribution in [0, 0.1) is 22.7 Å². The lowest BCUT2D eigenvalue weighted by atomic mass is 10.1. The van der Waals surface area contributed by atoms with Crippen molar-refractivity contribution in [3.8, 4) is 12.1 Å². The summed E-state index contributed by atoms with van der Waals surface area (Å²) in [5.74, 6) is -1.34. The van der Waals surface area contributed by atoms with Crippen molar-refractivity contribution >= 4 is 43.7 Å². The average molecular weight is 450 g/mol. The molecule has 0 fully saturated rings. The van der Waals surface area contributed by atoms with E-state index in [1.807, 2.05) is 12.1 Å². The predicted molar refractivity (Wildman–Crippen MR) is 94.7 cm³/mol. The van der Waals surface area contributed by atoms with Crippen LogP contribution in [-0.4, -0.2) is 11.8 Å². The van der Waals surface area contributed by atoms with E-state index in [1.165, 1.54) is 12.1 Å². The van der Waals surface area contributed by atoms with Gasteiger partial charge in [-0.3, -0.25) is 9.59 Å². The number of amides is 2. The molecule has 0 radical (unpaired) electrons. The van der Waals surface area contributed by atoms with Gasteiger partial charge in [-0.15, -0.1) is 0 Å². The van der Waals surface area contributed by atoms with Crippen LogP contribution in [0.5, 0.6) is 0 Å². The number of rotatable bonds is 2. The van der Waals surface area contributed by atoms with Gasteiger partial charge in [-0.2, -0.15) is 10.5 Å². The van der Waals surface area contributed by atoms with E-state index in [0.717, 1.165) is 4.47 Å². The lowest BCUT2D eigenvalue weighted by Gasteiger charge is -2.02.